The molecular weight excluding hydrogens is 344 g/mol. The van der Waals surface area contributed by atoms with Crippen LogP contribution in [0.2, 0.25) is 0 Å². The van der Waals surface area contributed by atoms with Gasteiger partial charge in [0.25, 0.3) is 11.8 Å². The van der Waals surface area contributed by atoms with E-state index in [1.54, 1.807) is 31.2 Å². The first kappa shape index (κ1) is 21.4. The second-order valence-electron chi connectivity index (χ2n) is 7.72. The third-order valence-corrected chi connectivity index (χ3v) is 4.93. The van der Waals surface area contributed by atoms with Crippen LogP contribution < -0.4 is 10.6 Å². The summed E-state index contributed by atoms with van der Waals surface area (Å²) in [4.78, 5) is 24.5. The normalized spacial score (nSPS) is 18.6. The number of hydrogen-bond donors (Lipinski definition) is 2. The lowest BCUT2D eigenvalue weighted by molar-refractivity contribution is -0.130. The number of amides is 2. The highest BCUT2D eigenvalue weighted by molar-refractivity contribution is 5.97. The van der Waals surface area contributed by atoms with E-state index in [1.807, 2.05) is 20.8 Å². The summed E-state index contributed by atoms with van der Waals surface area (Å²) in [5, 5.41) is 5.81. The van der Waals surface area contributed by atoms with Crippen molar-refractivity contribution in [2.24, 2.45) is 0 Å². The van der Waals surface area contributed by atoms with Crippen molar-refractivity contribution < 1.29 is 19.1 Å². The average molecular weight is 376 g/mol. The molecule has 6 nitrogen and oxygen atoms in total. The first-order chi connectivity index (χ1) is 12.8. The monoisotopic (exact) mass is 376 g/mol. The van der Waals surface area contributed by atoms with E-state index in [4.69, 9.17) is 9.47 Å². The summed E-state index contributed by atoms with van der Waals surface area (Å²) in [6.45, 7) is 8.93. The van der Waals surface area contributed by atoms with Gasteiger partial charge < -0.3 is 20.1 Å². The summed E-state index contributed by atoms with van der Waals surface area (Å²) in [6, 6.07) is 6.86. The molecule has 2 rings (SSSR count). The van der Waals surface area contributed by atoms with E-state index in [1.165, 1.54) is 0 Å². The van der Waals surface area contributed by atoms with Crippen molar-refractivity contribution in [2.75, 3.05) is 18.5 Å². The Labute approximate surface area is 162 Å². The largest absolute Gasteiger partial charge is 0.376 e. The van der Waals surface area contributed by atoms with Crippen LogP contribution in [0.4, 0.5) is 5.69 Å². The van der Waals surface area contributed by atoms with Gasteiger partial charge in [-0.1, -0.05) is 6.92 Å². The Kier molecular flexibility index (Phi) is 7.80. The minimum Gasteiger partial charge on any atom is -0.376 e. The summed E-state index contributed by atoms with van der Waals surface area (Å²) in [5.41, 5.74) is 0.947. The number of anilines is 1. The molecule has 1 aliphatic heterocycles. The molecule has 1 aromatic rings. The molecule has 0 aliphatic carbocycles. The van der Waals surface area contributed by atoms with Crippen molar-refractivity contribution in [3.63, 3.8) is 0 Å². The highest BCUT2D eigenvalue weighted by atomic mass is 16.5. The van der Waals surface area contributed by atoms with Crippen LogP contribution >= 0.6 is 0 Å². The molecular formula is C21H32N2O4. The van der Waals surface area contributed by atoms with E-state index < -0.39 is 6.10 Å². The SMILES string of the molecule is CCC(C)(C)NC(=O)c1ccc(NC(=O)C(C)OCC2CCCCO2)cc1. The minimum atomic E-state index is -0.566. The predicted molar refractivity (Wildman–Crippen MR) is 106 cm³/mol. The maximum absolute atomic E-state index is 12.3. The van der Waals surface area contributed by atoms with Crippen molar-refractivity contribution in [2.45, 2.75) is 71.1 Å². The van der Waals surface area contributed by atoms with E-state index in [0.717, 1.165) is 32.3 Å². The third-order valence-electron chi connectivity index (χ3n) is 4.93. The molecule has 2 atom stereocenters. The maximum atomic E-state index is 12.3. The third kappa shape index (κ3) is 6.96. The zero-order valence-electron chi connectivity index (χ0n) is 16.8. The number of hydrogen-bond acceptors (Lipinski definition) is 4. The van der Waals surface area contributed by atoms with Gasteiger partial charge in [0.2, 0.25) is 0 Å². The Balaban J connectivity index is 1.82. The van der Waals surface area contributed by atoms with Gasteiger partial charge in [-0.05, 0) is 70.7 Å². The quantitative estimate of drug-likeness (QED) is 0.728. The second kappa shape index (κ2) is 9.85. The highest BCUT2D eigenvalue weighted by Crippen LogP contribution is 2.15. The molecule has 0 bridgehead atoms. The summed E-state index contributed by atoms with van der Waals surface area (Å²) < 4.78 is 11.3. The van der Waals surface area contributed by atoms with Crippen LogP contribution in [0.5, 0.6) is 0 Å². The Bertz CT molecular complexity index is 622. The number of benzene rings is 1. The fraction of sp³-hybridized carbons (Fsp3) is 0.619. The van der Waals surface area contributed by atoms with Crippen molar-refractivity contribution in [1.29, 1.82) is 0 Å². The van der Waals surface area contributed by atoms with Crippen LogP contribution in [0.15, 0.2) is 24.3 Å². The van der Waals surface area contributed by atoms with E-state index in [-0.39, 0.29) is 23.5 Å². The fourth-order valence-corrected chi connectivity index (χ4v) is 2.68. The van der Waals surface area contributed by atoms with Gasteiger partial charge in [-0.15, -0.1) is 0 Å². The number of carbonyl (C=O) groups excluding carboxylic acids is 2. The molecule has 0 aromatic heterocycles. The van der Waals surface area contributed by atoms with Crippen molar-refractivity contribution in [1.82, 2.24) is 5.32 Å². The van der Waals surface area contributed by atoms with E-state index in [2.05, 4.69) is 10.6 Å². The van der Waals surface area contributed by atoms with Crippen molar-refractivity contribution in [3.8, 4) is 0 Å². The van der Waals surface area contributed by atoms with Gasteiger partial charge in [0.15, 0.2) is 0 Å². The maximum Gasteiger partial charge on any atom is 0.253 e. The molecule has 2 amide bonds. The Hall–Kier alpha value is -1.92. The molecule has 2 unspecified atom stereocenters. The smallest absolute Gasteiger partial charge is 0.253 e. The lowest BCUT2D eigenvalue weighted by atomic mass is 10.0. The van der Waals surface area contributed by atoms with Gasteiger partial charge >= 0.3 is 0 Å². The standard InChI is InChI=1S/C21H32N2O4/c1-5-21(3,4)23-20(25)16-9-11-17(12-10-16)22-19(24)15(2)27-14-18-8-6-7-13-26-18/h9-12,15,18H,5-8,13-14H2,1-4H3,(H,22,24)(H,23,25). The van der Waals surface area contributed by atoms with Crippen LogP contribution in [0.25, 0.3) is 0 Å². The first-order valence-corrected chi connectivity index (χ1v) is 9.77. The van der Waals surface area contributed by atoms with Crippen LogP contribution in [-0.4, -0.2) is 42.8 Å². The van der Waals surface area contributed by atoms with Gasteiger partial charge in [-0.2, -0.15) is 0 Å². The van der Waals surface area contributed by atoms with Gasteiger partial charge in [0, 0.05) is 23.4 Å². The van der Waals surface area contributed by atoms with Crippen LogP contribution in [0.1, 0.15) is 63.7 Å². The van der Waals surface area contributed by atoms with E-state index in [9.17, 15) is 9.59 Å². The molecule has 1 heterocycles. The Morgan fingerprint density at radius 1 is 1.26 bits per heavy atom. The van der Waals surface area contributed by atoms with Crippen LogP contribution in [0.3, 0.4) is 0 Å². The van der Waals surface area contributed by atoms with Gasteiger partial charge in [-0.25, -0.2) is 0 Å². The van der Waals surface area contributed by atoms with Crippen molar-refractivity contribution in [3.05, 3.63) is 29.8 Å². The van der Waals surface area contributed by atoms with Crippen LogP contribution in [-0.2, 0) is 14.3 Å². The summed E-state index contributed by atoms with van der Waals surface area (Å²) in [6.07, 6.45) is 3.58. The Morgan fingerprint density at radius 2 is 1.96 bits per heavy atom. The first-order valence-electron chi connectivity index (χ1n) is 9.77. The molecule has 1 fully saturated rings. The summed E-state index contributed by atoms with van der Waals surface area (Å²) in [7, 11) is 0. The number of ether oxygens (including phenoxy) is 2. The van der Waals surface area contributed by atoms with Gasteiger partial charge in [0.05, 0.1) is 12.7 Å². The zero-order chi connectivity index (χ0) is 19.9. The topological polar surface area (TPSA) is 76.7 Å². The molecule has 0 spiro atoms. The van der Waals surface area contributed by atoms with Gasteiger partial charge in [0.1, 0.15) is 6.10 Å². The zero-order valence-corrected chi connectivity index (χ0v) is 16.8. The van der Waals surface area contributed by atoms with E-state index >= 15 is 0 Å². The highest BCUT2D eigenvalue weighted by Gasteiger charge is 2.20. The molecule has 1 saturated heterocycles. The lowest BCUT2D eigenvalue weighted by Crippen LogP contribution is -2.42. The van der Waals surface area contributed by atoms with Crippen LogP contribution in [0, 0.1) is 0 Å². The molecule has 27 heavy (non-hydrogen) atoms. The number of carbonyl (C=O) groups is 2. The summed E-state index contributed by atoms with van der Waals surface area (Å²) in [5.74, 6) is -0.334. The number of rotatable bonds is 8. The molecule has 150 valence electrons. The molecule has 0 radical (unpaired) electrons. The molecule has 1 aromatic carbocycles. The summed E-state index contributed by atoms with van der Waals surface area (Å²) >= 11 is 0. The molecule has 6 heteroatoms. The fourth-order valence-electron chi connectivity index (χ4n) is 2.68. The lowest BCUT2D eigenvalue weighted by Gasteiger charge is -2.24. The average Bonchev–Trinajstić information content (AvgIpc) is 2.67. The van der Waals surface area contributed by atoms with Crippen molar-refractivity contribution >= 4 is 17.5 Å². The van der Waals surface area contributed by atoms with Gasteiger partial charge in [-0.3, -0.25) is 9.59 Å². The predicted octanol–water partition coefficient (Wildman–Crippen LogP) is 3.52. The molecule has 2 N–H and O–H groups in total. The molecule has 0 saturated carbocycles. The molecule has 1 aliphatic rings. The number of nitrogens with one attached hydrogen (secondary N) is 2. The second-order valence-corrected chi connectivity index (χ2v) is 7.72. The Morgan fingerprint density at radius 3 is 2.56 bits per heavy atom. The minimum absolute atomic E-state index is 0.0826. The van der Waals surface area contributed by atoms with E-state index in [0.29, 0.717) is 17.9 Å².